The Morgan fingerprint density at radius 3 is 2.28 bits per heavy atom. The van der Waals surface area contributed by atoms with Crippen LogP contribution in [0.2, 0.25) is 0 Å². The van der Waals surface area contributed by atoms with E-state index in [1.807, 2.05) is 55.7 Å². The van der Waals surface area contributed by atoms with E-state index in [2.05, 4.69) is 33.3 Å². The molecule has 3 atom stereocenters. The van der Waals surface area contributed by atoms with Crippen LogP contribution in [-0.2, 0) is 23.9 Å². The van der Waals surface area contributed by atoms with Crippen molar-refractivity contribution in [1.29, 1.82) is 5.41 Å². The topological polar surface area (TPSA) is 198 Å². The van der Waals surface area contributed by atoms with Gasteiger partial charge in [0.15, 0.2) is 0 Å². The third-order valence-corrected chi connectivity index (χ3v) is 7.07. The molecule has 0 radical (unpaired) electrons. The number of primary amides is 1. The summed E-state index contributed by atoms with van der Waals surface area (Å²) in [7, 11) is 4.86. The van der Waals surface area contributed by atoms with Crippen molar-refractivity contribution < 1.29 is 33.8 Å². The second kappa shape index (κ2) is 27.2. The van der Waals surface area contributed by atoms with E-state index in [1.165, 1.54) is 20.4 Å². The molecule has 0 saturated carbocycles. The lowest BCUT2D eigenvalue weighted by Crippen LogP contribution is -2.43. The first-order valence-corrected chi connectivity index (χ1v) is 14.7. The smallest absolute Gasteiger partial charge is 0.329 e. The van der Waals surface area contributed by atoms with Gasteiger partial charge in [0.1, 0.15) is 18.6 Å². The Morgan fingerprint density at radius 1 is 1.21 bits per heavy atom. The molecule has 12 nitrogen and oxygen atoms in total. The van der Waals surface area contributed by atoms with Crippen molar-refractivity contribution in [2.24, 2.45) is 11.5 Å². The molecule has 0 spiro atoms. The van der Waals surface area contributed by atoms with Crippen molar-refractivity contribution in [3.63, 3.8) is 0 Å². The predicted molar refractivity (Wildman–Crippen MR) is 171 cm³/mol. The second-order valence-corrected chi connectivity index (χ2v) is 9.99. The van der Waals surface area contributed by atoms with Gasteiger partial charge in [-0.15, -0.1) is 11.3 Å². The van der Waals surface area contributed by atoms with Crippen LogP contribution in [-0.4, -0.2) is 87.3 Å². The summed E-state index contributed by atoms with van der Waals surface area (Å²) in [6.07, 6.45) is 7.04. The number of likely N-dealkylation sites (N-methyl/N-ethyl adjacent to an activating group) is 1. The third kappa shape index (κ3) is 20.0. The van der Waals surface area contributed by atoms with Crippen LogP contribution in [0.3, 0.4) is 0 Å². The average molecular weight is 624 g/mol. The van der Waals surface area contributed by atoms with Gasteiger partial charge in [0.25, 0.3) is 0 Å². The van der Waals surface area contributed by atoms with Gasteiger partial charge in [-0.2, -0.15) is 0 Å². The molecule has 1 aromatic heterocycles. The molecule has 3 rings (SSSR count). The van der Waals surface area contributed by atoms with Crippen LogP contribution in [0.1, 0.15) is 62.4 Å². The number of likely N-dealkylation sites (tertiary alicyclic amines) is 1. The van der Waals surface area contributed by atoms with E-state index in [0.29, 0.717) is 19.1 Å². The highest BCUT2D eigenvalue weighted by molar-refractivity contribution is 7.10. The highest BCUT2D eigenvalue weighted by Gasteiger charge is 2.33. The number of amides is 2. The first-order valence-electron chi connectivity index (χ1n) is 13.8. The Balaban J connectivity index is 0. The summed E-state index contributed by atoms with van der Waals surface area (Å²) in [4.78, 5) is 43.6. The maximum Gasteiger partial charge on any atom is 0.329 e. The minimum atomic E-state index is -0.933. The van der Waals surface area contributed by atoms with Gasteiger partial charge < -0.3 is 41.6 Å². The Bertz CT molecular complexity index is 1020. The number of nitrogens with two attached hydrogens (primary N) is 2. The highest BCUT2D eigenvalue weighted by Crippen LogP contribution is 2.24. The molecule has 13 heteroatoms. The van der Waals surface area contributed by atoms with Crippen LogP contribution >= 0.6 is 11.3 Å². The van der Waals surface area contributed by atoms with Crippen LogP contribution in [0.15, 0.2) is 41.8 Å². The first-order chi connectivity index (χ1) is 20.6. The Hall–Kier alpha value is -3.65. The Labute approximate surface area is 259 Å². The van der Waals surface area contributed by atoms with Gasteiger partial charge in [-0.05, 0) is 77.2 Å². The number of nitrogens with one attached hydrogen (secondary N) is 2. The predicted octanol–water partition coefficient (Wildman–Crippen LogP) is 3.23. The summed E-state index contributed by atoms with van der Waals surface area (Å²) in [5, 5.41) is 20.0. The van der Waals surface area contributed by atoms with Crippen LogP contribution in [0.25, 0.3) is 0 Å². The van der Waals surface area contributed by atoms with E-state index in [1.54, 1.807) is 11.3 Å². The van der Waals surface area contributed by atoms with E-state index in [-0.39, 0.29) is 31.0 Å². The number of carboxylic acids is 1. The molecule has 2 amide bonds. The molecule has 2 unspecified atom stereocenters. The fourth-order valence-corrected chi connectivity index (χ4v) is 4.52. The van der Waals surface area contributed by atoms with Gasteiger partial charge in [0.2, 0.25) is 12.3 Å². The van der Waals surface area contributed by atoms with Crippen molar-refractivity contribution in [2.75, 3.05) is 34.4 Å². The van der Waals surface area contributed by atoms with E-state index in [9.17, 15) is 14.4 Å². The molecular formula is C30H49N5O7S. The molecule has 1 aliphatic rings. The number of methoxy groups -OCH3 is 1. The van der Waals surface area contributed by atoms with Gasteiger partial charge in [0, 0.05) is 36.2 Å². The highest BCUT2D eigenvalue weighted by atomic mass is 32.1. The normalized spacial score (nSPS) is 15.6. The molecule has 7 N–H and O–H groups in total. The van der Waals surface area contributed by atoms with Crippen molar-refractivity contribution in [1.82, 2.24) is 10.2 Å². The minimum Gasteiger partial charge on any atom is -0.494 e. The minimum absolute atomic E-state index is 0.000352. The largest absolute Gasteiger partial charge is 0.494 e. The standard InChI is InChI=1S/C14H21N3OS.C11H14O2.C3H6O3.CH3NO.CH5N/c1-9-4-5-12(17(9)3)14(18)16-10(2)13-6-11(7-15)8-19-13;12-9-5-2-6-10-13-11-7-3-1-4-8-11;1-6-2-3(4)5;2-1-3;1-2/h6-10,12,15H,4-5H2,1-3H3,(H,16,18);1,3-4,7-9H,2,5-6,10H2;2H2,1H3,(H,4,5);1H,(H2,2,3);2H2,1H3/t9?,10-,12?;;;;/m1..../s1. The SMILES string of the molecule is CC1CCC(C(=O)N[C@H](C)c2cc(C=N)cs2)N1C.CN.COCC(=O)O.NC=O.O=CCCCCOc1ccccc1. The summed E-state index contributed by atoms with van der Waals surface area (Å²) in [5.41, 5.74) is 9.56. The average Bonchev–Trinajstić information content (AvgIpc) is 3.62. The van der Waals surface area contributed by atoms with E-state index < -0.39 is 5.97 Å². The number of unbranched alkanes of at least 4 members (excludes halogenated alkanes) is 2. The number of nitrogens with zero attached hydrogens (tertiary/aromatic N) is 1. The van der Waals surface area contributed by atoms with Gasteiger partial charge in [-0.25, -0.2) is 4.79 Å². The van der Waals surface area contributed by atoms with E-state index in [4.69, 9.17) is 20.0 Å². The summed E-state index contributed by atoms with van der Waals surface area (Å²) >= 11 is 1.59. The number of benzene rings is 1. The molecule has 242 valence electrons. The Morgan fingerprint density at radius 2 is 1.84 bits per heavy atom. The molecule has 1 fully saturated rings. The summed E-state index contributed by atoms with van der Waals surface area (Å²) in [5.74, 6) is 0.0789. The van der Waals surface area contributed by atoms with Crippen molar-refractivity contribution in [2.45, 2.75) is 64.1 Å². The number of ether oxygens (including phenoxy) is 2. The number of rotatable bonds is 12. The molecular weight excluding hydrogens is 574 g/mol. The summed E-state index contributed by atoms with van der Waals surface area (Å²) in [6, 6.07) is 12.2. The fraction of sp³-hybridized carbons (Fsp3) is 0.500. The van der Waals surface area contributed by atoms with E-state index >= 15 is 0 Å². The molecule has 1 aliphatic heterocycles. The lowest BCUT2D eigenvalue weighted by molar-refractivity contribution is -0.141. The van der Waals surface area contributed by atoms with Crippen LogP contribution in [0.4, 0.5) is 0 Å². The summed E-state index contributed by atoms with van der Waals surface area (Å²) in [6.45, 7) is 4.64. The molecule has 43 heavy (non-hydrogen) atoms. The number of thiophene rings is 1. The third-order valence-electron chi connectivity index (χ3n) is 5.94. The van der Waals surface area contributed by atoms with Gasteiger partial charge >= 0.3 is 5.97 Å². The Kier molecular flexibility index (Phi) is 26.2. The maximum absolute atomic E-state index is 12.3. The molecule has 2 heterocycles. The lowest BCUT2D eigenvalue weighted by Gasteiger charge is -2.24. The van der Waals surface area contributed by atoms with Gasteiger partial charge in [-0.3, -0.25) is 14.5 Å². The van der Waals surface area contributed by atoms with E-state index in [0.717, 1.165) is 48.2 Å². The zero-order valence-corrected chi connectivity index (χ0v) is 26.7. The quantitative estimate of drug-likeness (QED) is 0.134. The number of hydrogen-bond donors (Lipinski definition) is 5. The zero-order chi connectivity index (χ0) is 33.0. The van der Waals surface area contributed by atoms with Crippen molar-refractivity contribution in [3.8, 4) is 5.75 Å². The molecule has 0 aliphatic carbocycles. The fourth-order valence-electron chi connectivity index (χ4n) is 3.64. The van der Waals surface area contributed by atoms with Crippen LogP contribution < -0.4 is 21.5 Å². The van der Waals surface area contributed by atoms with Crippen LogP contribution in [0, 0.1) is 5.41 Å². The number of para-hydroxylation sites is 1. The lowest BCUT2D eigenvalue weighted by atomic mass is 10.1. The number of hydrogen-bond acceptors (Lipinski definition) is 10. The molecule has 2 aromatic rings. The van der Waals surface area contributed by atoms with Crippen molar-refractivity contribution in [3.05, 3.63) is 52.2 Å². The van der Waals surface area contributed by atoms with Crippen LogP contribution in [0.5, 0.6) is 5.75 Å². The molecule has 1 saturated heterocycles. The first kappa shape index (κ1) is 41.5. The van der Waals surface area contributed by atoms with Gasteiger partial charge in [-0.1, -0.05) is 18.2 Å². The maximum atomic E-state index is 12.3. The van der Waals surface area contributed by atoms with Crippen molar-refractivity contribution >= 4 is 42.1 Å². The number of aldehydes is 1. The number of carbonyl (C=O) groups is 4. The molecule has 1 aromatic carbocycles. The second-order valence-electron chi connectivity index (χ2n) is 9.05. The number of carboxylic acid groups (broad SMARTS) is 1. The number of carbonyl (C=O) groups excluding carboxylic acids is 3. The van der Waals surface area contributed by atoms with Gasteiger partial charge in [0.05, 0.1) is 18.7 Å². The molecule has 0 bridgehead atoms. The summed E-state index contributed by atoms with van der Waals surface area (Å²) < 4.78 is 9.64. The zero-order valence-electron chi connectivity index (χ0n) is 25.9. The monoisotopic (exact) mass is 623 g/mol. The number of aliphatic carboxylic acids is 1.